The highest BCUT2D eigenvalue weighted by atomic mass is 32.2. The number of carboxylic acid groups (broad SMARTS) is 1. The smallest absolute Gasteiger partial charge is 0.328 e. The van der Waals surface area contributed by atoms with Crippen molar-refractivity contribution in [1.82, 2.24) is 10.6 Å². The van der Waals surface area contributed by atoms with Crippen LogP contribution in [0.4, 0.5) is 4.79 Å². The molecule has 1 atom stereocenters. The highest BCUT2D eigenvalue weighted by Crippen LogP contribution is 2.13. The van der Waals surface area contributed by atoms with E-state index >= 15 is 0 Å². The van der Waals surface area contributed by atoms with Gasteiger partial charge in [0.1, 0.15) is 0 Å². The first-order chi connectivity index (χ1) is 8.01. The molecular weight excluding hydrogens is 264 g/mol. The van der Waals surface area contributed by atoms with Crippen molar-refractivity contribution in [3.05, 3.63) is 0 Å². The molecule has 0 aromatic rings. The number of urea groups is 1. The van der Waals surface area contributed by atoms with E-state index in [1.54, 1.807) is 0 Å². The molecule has 0 aromatic carbocycles. The van der Waals surface area contributed by atoms with Gasteiger partial charge in [-0.3, -0.25) is 0 Å². The van der Waals surface area contributed by atoms with Gasteiger partial charge >= 0.3 is 12.0 Å². The van der Waals surface area contributed by atoms with E-state index in [-0.39, 0.29) is 6.54 Å². The van der Waals surface area contributed by atoms with E-state index in [9.17, 15) is 18.0 Å². The molecule has 0 radical (unpaired) electrons. The van der Waals surface area contributed by atoms with Crippen molar-refractivity contribution in [3.8, 4) is 0 Å². The lowest BCUT2D eigenvalue weighted by atomic mass is 10.2. The van der Waals surface area contributed by atoms with E-state index < -0.39 is 39.2 Å². The summed E-state index contributed by atoms with van der Waals surface area (Å²) < 4.78 is 21.5. The van der Waals surface area contributed by atoms with Gasteiger partial charge in [-0.1, -0.05) is 0 Å². The van der Waals surface area contributed by atoms with E-state index in [2.05, 4.69) is 5.32 Å². The Balaban J connectivity index is 4.41. The summed E-state index contributed by atoms with van der Waals surface area (Å²) in [6.45, 7) is 1.94. The first kappa shape index (κ1) is 16.6. The van der Waals surface area contributed by atoms with Gasteiger partial charge in [0.2, 0.25) is 0 Å². The summed E-state index contributed by atoms with van der Waals surface area (Å²) in [6.07, 6.45) is 1.04. The summed E-state index contributed by atoms with van der Waals surface area (Å²) in [7, 11) is -3.36. The Morgan fingerprint density at radius 3 is 2.17 bits per heavy atom. The maximum absolute atomic E-state index is 11.3. The molecule has 0 aliphatic rings. The molecule has 8 nitrogen and oxygen atoms in total. The van der Waals surface area contributed by atoms with E-state index in [1.165, 1.54) is 13.8 Å². The minimum absolute atomic E-state index is 0.171. The van der Waals surface area contributed by atoms with Gasteiger partial charge in [-0.05, 0) is 13.8 Å². The molecule has 0 spiro atoms. The molecule has 0 bridgehead atoms. The van der Waals surface area contributed by atoms with Crippen molar-refractivity contribution >= 4 is 21.8 Å². The standard InChI is InChI=1S/C9H18N2O6S/c1-9(2,18(3,16)17)5-10-8(15)11-6(4-12)7(13)14/h6,12H,4-5H2,1-3H3,(H,13,14)(H2,10,11,15)/t6-/m0/s1. The Morgan fingerprint density at radius 1 is 1.33 bits per heavy atom. The molecule has 0 saturated carbocycles. The third-order valence-corrected chi connectivity index (χ3v) is 4.62. The average Bonchev–Trinajstić information content (AvgIpc) is 2.21. The van der Waals surface area contributed by atoms with Crippen LogP contribution in [-0.4, -0.2) is 60.8 Å². The van der Waals surface area contributed by atoms with Crippen LogP contribution in [0.3, 0.4) is 0 Å². The monoisotopic (exact) mass is 282 g/mol. The van der Waals surface area contributed by atoms with Gasteiger partial charge in [0, 0.05) is 12.8 Å². The van der Waals surface area contributed by atoms with Crippen LogP contribution in [-0.2, 0) is 14.6 Å². The molecule has 0 aliphatic carbocycles. The van der Waals surface area contributed by atoms with Gasteiger partial charge in [0.25, 0.3) is 0 Å². The van der Waals surface area contributed by atoms with Crippen LogP contribution in [0.25, 0.3) is 0 Å². The minimum Gasteiger partial charge on any atom is -0.480 e. The summed E-state index contributed by atoms with van der Waals surface area (Å²) in [4.78, 5) is 21.8. The zero-order valence-corrected chi connectivity index (χ0v) is 11.2. The number of carboxylic acids is 1. The van der Waals surface area contributed by atoms with Crippen LogP contribution in [0.5, 0.6) is 0 Å². The highest BCUT2D eigenvalue weighted by molar-refractivity contribution is 7.92. The van der Waals surface area contributed by atoms with Gasteiger partial charge in [-0.15, -0.1) is 0 Å². The Kier molecular flexibility index (Phi) is 5.55. The average molecular weight is 282 g/mol. The third kappa shape index (κ3) is 4.88. The molecular formula is C9H18N2O6S. The first-order valence-corrected chi connectivity index (χ1v) is 6.98. The van der Waals surface area contributed by atoms with Crippen molar-refractivity contribution in [1.29, 1.82) is 0 Å². The number of carbonyl (C=O) groups is 2. The lowest BCUT2D eigenvalue weighted by Gasteiger charge is -2.23. The molecule has 0 aliphatic heterocycles. The predicted octanol–water partition coefficient (Wildman–Crippen LogP) is -1.45. The molecule has 0 aromatic heterocycles. The molecule has 9 heteroatoms. The number of sulfone groups is 1. The maximum atomic E-state index is 11.3. The lowest BCUT2D eigenvalue weighted by molar-refractivity contribution is -0.140. The number of hydrogen-bond acceptors (Lipinski definition) is 5. The van der Waals surface area contributed by atoms with Gasteiger partial charge < -0.3 is 20.8 Å². The summed E-state index contributed by atoms with van der Waals surface area (Å²) >= 11 is 0. The van der Waals surface area contributed by atoms with Crippen molar-refractivity contribution in [2.24, 2.45) is 0 Å². The second-order valence-corrected chi connectivity index (χ2v) is 7.08. The van der Waals surface area contributed by atoms with Crippen LogP contribution in [0, 0.1) is 0 Å². The van der Waals surface area contributed by atoms with Gasteiger partial charge in [-0.2, -0.15) is 0 Å². The third-order valence-electron chi connectivity index (χ3n) is 2.46. The summed E-state index contributed by atoms with van der Waals surface area (Å²) in [5.41, 5.74) is 0. The van der Waals surface area contributed by atoms with E-state index in [4.69, 9.17) is 10.2 Å². The Morgan fingerprint density at radius 2 is 1.83 bits per heavy atom. The zero-order valence-electron chi connectivity index (χ0n) is 10.4. The zero-order chi connectivity index (χ0) is 14.6. The van der Waals surface area contributed by atoms with Crippen molar-refractivity contribution in [2.45, 2.75) is 24.6 Å². The molecule has 0 fully saturated rings. The second-order valence-electron chi connectivity index (χ2n) is 4.43. The van der Waals surface area contributed by atoms with Crippen molar-refractivity contribution in [3.63, 3.8) is 0 Å². The molecule has 0 rings (SSSR count). The van der Waals surface area contributed by atoms with Crippen LogP contribution in [0.15, 0.2) is 0 Å². The largest absolute Gasteiger partial charge is 0.480 e. The minimum atomic E-state index is -3.36. The van der Waals surface area contributed by atoms with Gasteiger partial charge in [0.05, 0.1) is 11.4 Å². The Labute approximate surface area is 105 Å². The number of aliphatic hydroxyl groups is 1. The number of amides is 2. The number of hydrogen-bond donors (Lipinski definition) is 4. The Bertz CT molecular complexity index is 417. The normalized spacial score (nSPS) is 13.8. The first-order valence-electron chi connectivity index (χ1n) is 5.09. The van der Waals surface area contributed by atoms with E-state index in [0.29, 0.717) is 0 Å². The molecule has 0 heterocycles. The molecule has 106 valence electrons. The Hall–Kier alpha value is -1.35. The molecule has 18 heavy (non-hydrogen) atoms. The summed E-state index contributed by atoms with van der Waals surface area (Å²) in [5.74, 6) is -1.38. The van der Waals surface area contributed by atoms with Crippen LogP contribution >= 0.6 is 0 Å². The number of carbonyl (C=O) groups excluding carboxylic acids is 1. The van der Waals surface area contributed by atoms with Crippen molar-refractivity contribution < 1.29 is 28.2 Å². The second kappa shape index (κ2) is 6.01. The number of aliphatic carboxylic acids is 1. The SMILES string of the molecule is CC(C)(CNC(=O)N[C@@H](CO)C(=O)O)S(C)(=O)=O. The molecule has 4 N–H and O–H groups in total. The molecule has 0 unspecified atom stereocenters. The quantitative estimate of drug-likeness (QED) is 0.471. The van der Waals surface area contributed by atoms with Gasteiger partial charge in [-0.25, -0.2) is 18.0 Å². The van der Waals surface area contributed by atoms with Crippen LogP contribution < -0.4 is 10.6 Å². The fraction of sp³-hybridized carbons (Fsp3) is 0.778. The molecule has 0 saturated heterocycles. The van der Waals surface area contributed by atoms with E-state index in [1.807, 2.05) is 5.32 Å². The number of rotatable bonds is 6. The highest BCUT2D eigenvalue weighted by Gasteiger charge is 2.31. The maximum Gasteiger partial charge on any atom is 0.328 e. The van der Waals surface area contributed by atoms with E-state index in [0.717, 1.165) is 6.26 Å². The van der Waals surface area contributed by atoms with Crippen molar-refractivity contribution in [2.75, 3.05) is 19.4 Å². The van der Waals surface area contributed by atoms with Gasteiger partial charge in [0.15, 0.2) is 15.9 Å². The number of aliphatic hydroxyl groups excluding tert-OH is 1. The van der Waals surface area contributed by atoms with Crippen LogP contribution in [0.2, 0.25) is 0 Å². The molecule has 2 amide bonds. The summed E-state index contributed by atoms with van der Waals surface area (Å²) in [5, 5.41) is 21.5. The topological polar surface area (TPSA) is 133 Å². The lowest BCUT2D eigenvalue weighted by Crippen LogP contribution is -2.51. The fourth-order valence-corrected chi connectivity index (χ4v) is 1.15. The number of nitrogens with one attached hydrogen (secondary N) is 2. The van der Waals surface area contributed by atoms with Crippen LogP contribution in [0.1, 0.15) is 13.8 Å². The fourth-order valence-electron chi connectivity index (χ4n) is 0.819. The predicted molar refractivity (Wildman–Crippen MR) is 64.0 cm³/mol. The summed E-state index contributed by atoms with van der Waals surface area (Å²) in [6, 6.07) is -2.28.